The van der Waals surface area contributed by atoms with Crippen LogP contribution in [-0.4, -0.2) is 4.98 Å². The lowest BCUT2D eigenvalue weighted by Gasteiger charge is -1.87. The number of aromatic nitrogens is 1. The summed E-state index contributed by atoms with van der Waals surface area (Å²) in [4.78, 5) is 3.93. The molecule has 1 heterocycles. The van der Waals surface area contributed by atoms with Gasteiger partial charge in [-0.15, -0.1) is 0 Å². The summed E-state index contributed by atoms with van der Waals surface area (Å²) in [5.74, 6) is 0. The van der Waals surface area contributed by atoms with E-state index in [0.717, 1.165) is 11.1 Å². The molecule has 0 bridgehead atoms. The van der Waals surface area contributed by atoms with E-state index >= 15 is 0 Å². The van der Waals surface area contributed by atoms with Gasteiger partial charge in [0.1, 0.15) is 5.52 Å². The third kappa shape index (κ3) is 0.692. The summed E-state index contributed by atoms with van der Waals surface area (Å²) in [6.07, 6.45) is 1.41. The summed E-state index contributed by atoms with van der Waals surface area (Å²) in [5, 5.41) is 0. The van der Waals surface area contributed by atoms with Gasteiger partial charge in [-0.3, -0.25) is 0 Å². The lowest BCUT2D eigenvalue weighted by Crippen LogP contribution is -1.70. The molecule has 0 aliphatic heterocycles. The minimum Gasteiger partial charge on any atom is -0.443 e. The Hall–Kier alpha value is -1.31. The summed E-state index contributed by atoms with van der Waals surface area (Å²) >= 11 is 0. The molecule has 0 aliphatic rings. The van der Waals surface area contributed by atoms with Gasteiger partial charge in [0.15, 0.2) is 12.0 Å². The molecule has 0 aliphatic carbocycles. The van der Waals surface area contributed by atoms with Crippen LogP contribution >= 0.6 is 0 Å². The van der Waals surface area contributed by atoms with Crippen molar-refractivity contribution in [1.29, 1.82) is 0 Å². The first-order chi connectivity index (χ1) is 4.86. The molecule has 2 heteroatoms. The van der Waals surface area contributed by atoms with E-state index in [0.29, 0.717) is 5.56 Å². The minimum atomic E-state index is 0.710. The molecule has 2 radical (unpaired) electrons. The highest BCUT2D eigenvalue weighted by atomic mass is 16.3. The molecule has 48 valence electrons. The zero-order valence-corrected chi connectivity index (χ0v) is 5.24. The number of oxazole rings is 1. The second-order valence-electron chi connectivity index (χ2n) is 2.08. The molecular formula is C8H5NO. The van der Waals surface area contributed by atoms with E-state index in [1.165, 1.54) is 6.39 Å². The van der Waals surface area contributed by atoms with E-state index in [-0.39, 0.29) is 0 Å². The standard InChI is InChI=1S/C8H5NO/c1-6-2-3-8-7(4-6)9-5-10-8/h1-5H. The first kappa shape index (κ1) is 5.47. The SMILES string of the molecule is [CH]c1ccc2ocnc2c1. The normalized spacial score (nSPS) is 10.5. The zero-order valence-electron chi connectivity index (χ0n) is 5.24. The first-order valence-corrected chi connectivity index (χ1v) is 2.95. The largest absolute Gasteiger partial charge is 0.443 e. The van der Waals surface area contributed by atoms with Crippen molar-refractivity contribution in [2.45, 2.75) is 0 Å². The van der Waals surface area contributed by atoms with E-state index in [2.05, 4.69) is 4.98 Å². The monoisotopic (exact) mass is 131 g/mol. The smallest absolute Gasteiger partial charge is 0.181 e. The molecule has 2 aromatic rings. The van der Waals surface area contributed by atoms with Crippen molar-refractivity contribution in [3.8, 4) is 0 Å². The number of fused-ring (bicyclic) bond motifs is 1. The number of nitrogens with zero attached hydrogens (tertiary/aromatic N) is 1. The van der Waals surface area contributed by atoms with Crippen LogP contribution in [0.1, 0.15) is 5.56 Å². The van der Waals surface area contributed by atoms with Crippen molar-refractivity contribution in [2.75, 3.05) is 0 Å². The summed E-state index contributed by atoms with van der Waals surface area (Å²) in [5.41, 5.74) is 2.29. The fourth-order valence-electron chi connectivity index (χ4n) is 0.875. The number of hydrogen-bond donors (Lipinski definition) is 0. The van der Waals surface area contributed by atoms with E-state index in [1.54, 1.807) is 18.2 Å². The molecule has 2 nitrogen and oxygen atoms in total. The molecule has 2 rings (SSSR count). The van der Waals surface area contributed by atoms with Crippen molar-refractivity contribution in [2.24, 2.45) is 0 Å². The molecule has 1 aromatic carbocycles. The Kier molecular flexibility index (Phi) is 1.01. The summed E-state index contributed by atoms with van der Waals surface area (Å²) < 4.78 is 5.01. The van der Waals surface area contributed by atoms with Crippen LogP contribution in [-0.2, 0) is 0 Å². The molecule has 10 heavy (non-hydrogen) atoms. The topological polar surface area (TPSA) is 26.0 Å². The maximum absolute atomic E-state index is 5.50. The number of rotatable bonds is 0. The maximum atomic E-state index is 5.50. The predicted octanol–water partition coefficient (Wildman–Crippen LogP) is 1.89. The lowest BCUT2D eigenvalue weighted by atomic mass is 10.2. The molecule has 0 N–H and O–H groups in total. The summed E-state index contributed by atoms with van der Waals surface area (Å²) in [6.45, 7) is 5.50. The highest BCUT2D eigenvalue weighted by Crippen LogP contribution is 2.12. The van der Waals surface area contributed by atoms with Crippen LogP contribution in [0.15, 0.2) is 29.0 Å². The van der Waals surface area contributed by atoms with Gasteiger partial charge in [-0.2, -0.15) is 0 Å². The summed E-state index contributed by atoms with van der Waals surface area (Å²) in [7, 11) is 0. The summed E-state index contributed by atoms with van der Waals surface area (Å²) in [6, 6.07) is 5.37. The quantitative estimate of drug-likeness (QED) is 0.545. The van der Waals surface area contributed by atoms with E-state index in [4.69, 9.17) is 11.3 Å². The van der Waals surface area contributed by atoms with E-state index in [9.17, 15) is 0 Å². The van der Waals surface area contributed by atoms with Crippen molar-refractivity contribution >= 4 is 11.1 Å². The maximum Gasteiger partial charge on any atom is 0.181 e. The van der Waals surface area contributed by atoms with Gasteiger partial charge in [0.25, 0.3) is 0 Å². The van der Waals surface area contributed by atoms with Gasteiger partial charge in [0.05, 0.1) is 0 Å². The van der Waals surface area contributed by atoms with Gasteiger partial charge in [-0.05, 0) is 24.6 Å². The van der Waals surface area contributed by atoms with Crippen LogP contribution in [0, 0.1) is 6.92 Å². The molecule has 0 atom stereocenters. The van der Waals surface area contributed by atoms with Crippen molar-refractivity contribution in [3.63, 3.8) is 0 Å². The molecule has 0 fully saturated rings. The second kappa shape index (κ2) is 1.84. The molecule has 1 aromatic heterocycles. The predicted molar refractivity (Wildman–Crippen MR) is 37.4 cm³/mol. The van der Waals surface area contributed by atoms with Crippen LogP contribution in [0.25, 0.3) is 11.1 Å². The van der Waals surface area contributed by atoms with E-state index < -0.39 is 0 Å². The Bertz CT molecular complexity index is 351. The Balaban J connectivity index is 2.86. The van der Waals surface area contributed by atoms with Crippen LogP contribution in [0.2, 0.25) is 0 Å². The van der Waals surface area contributed by atoms with E-state index in [1.807, 2.05) is 0 Å². The highest BCUT2D eigenvalue weighted by Gasteiger charge is 1.95. The van der Waals surface area contributed by atoms with Crippen LogP contribution in [0.3, 0.4) is 0 Å². The fraction of sp³-hybridized carbons (Fsp3) is 0. The molecule has 0 amide bonds. The molecule has 0 spiro atoms. The van der Waals surface area contributed by atoms with Gasteiger partial charge in [0, 0.05) is 0 Å². The van der Waals surface area contributed by atoms with Crippen LogP contribution in [0.5, 0.6) is 0 Å². The number of hydrogen-bond acceptors (Lipinski definition) is 2. The van der Waals surface area contributed by atoms with Crippen molar-refractivity contribution < 1.29 is 4.42 Å². The Morgan fingerprint density at radius 2 is 2.30 bits per heavy atom. The molecule has 0 unspecified atom stereocenters. The minimum absolute atomic E-state index is 0.710. The van der Waals surface area contributed by atoms with Crippen molar-refractivity contribution in [1.82, 2.24) is 4.98 Å². The average Bonchev–Trinajstić information content (AvgIpc) is 2.33. The Morgan fingerprint density at radius 1 is 1.40 bits per heavy atom. The Morgan fingerprint density at radius 3 is 3.20 bits per heavy atom. The first-order valence-electron chi connectivity index (χ1n) is 2.95. The molecular weight excluding hydrogens is 126 g/mol. The van der Waals surface area contributed by atoms with Gasteiger partial charge in [0.2, 0.25) is 0 Å². The third-order valence-corrected chi connectivity index (χ3v) is 1.35. The second-order valence-corrected chi connectivity index (χ2v) is 2.08. The van der Waals surface area contributed by atoms with Crippen LogP contribution < -0.4 is 0 Å². The molecule has 0 saturated heterocycles. The zero-order chi connectivity index (χ0) is 6.97. The Labute approximate surface area is 58.5 Å². The van der Waals surface area contributed by atoms with Gasteiger partial charge in [-0.25, -0.2) is 4.98 Å². The van der Waals surface area contributed by atoms with Crippen LogP contribution in [0.4, 0.5) is 0 Å². The van der Waals surface area contributed by atoms with Crippen molar-refractivity contribution in [3.05, 3.63) is 37.1 Å². The van der Waals surface area contributed by atoms with Gasteiger partial charge < -0.3 is 4.42 Å². The lowest BCUT2D eigenvalue weighted by molar-refractivity contribution is 0.602. The highest BCUT2D eigenvalue weighted by molar-refractivity contribution is 5.72. The number of benzene rings is 1. The van der Waals surface area contributed by atoms with Gasteiger partial charge in [-0.1, -0.05) is 6.07 Å². The average molecular weight is 131 g/mol. The molecule has 0 saturated carbocycles. The fourth-order valence-corrected chi connectivity index (χ4v) is 0.875. The third-order valence-electron chi connectivity index (χ3n) is 1.35. The van der Waals surface area contributed by atoms with Gasteiger partial charge >= 0.3 is 0 Å².